The molecule has 1 heterocycles. The van der Waals surface area contributed by atoms with E-state index in [2.05, 4.69) is 52.0 Å². The van der Waals surface area contributed by atoms with Crippen molar-refractivity contribution in [3.63, 3.8) is 0 Å². The summed E-state index contributed by atoms with van der Waals surface area (Å²) in [6, 6.07) is 9.36. The van der Waals surface area contributed by atoms with Crippen molar-refractivity contribution >= 4 is 21.4 Å². The fourth-order valence-corrected chi connectivity index (χ4v) is 6.95. The smallest absolute Gasteiger partial charge is 0.399 e. The first kappa shape index (κ1) is 26.6. The van der Waals surface area contributed by atoms with E-state index in [-0.39, 0.29) is 36.6 Å². The van der Waals surface area contributed by atoms with Crippen LogP contribution in [0.1, 0.15) is 81.2 Å². The average molecular weight is 451 g/mol. The molecule has 1 aromatic carbocycles. The lowest BCUT2D eigenvalue weighted by Crippen LogP contribution is -2.50. The van der Waals surface area contributed by atoms with Gasteiger partial charge in [0.25, 0.3) is 0 Å². The Hall–Kier alpha value is -0.698. The SMILES string of the molecule is CC(C)O[Si](CCCc1ccc(B2OC(C)(C)C(C)(C)O2)cc1)(OC(C)C)OC(C)C. The fourth-order valence-electron chi connectivity index (χ4n) is 3.67. The summed E-state index contributed by atoms with van der Waals surface area (Å²) in [7, 11) is -3.06. The second-order valence-electron chi connectivity index (χ2n) is 10.4. The van der Waals surface area contributed by atoms with E-state index in [9.17, 15) is 0 Å². The van der Waals surface area contributed by atoms with Crippen molar-refractivity contribution in [2.24, 2.45) is 0 Å². The van der Waals surface area contributed by atoms with Crippen molar-refractivity contribution in [3.8, 4) is 0 Å². The van der Waals surface area contributed by atoms with Crippen LogP contribution >= 0.6 is 0 Å². The van der Waals surface area contributed by atoms with Gasteiger partial charge in [-0.25, -0.2) is 0 Å². The number of rotatable bonds is 11. The zero-order valence-electron chi connectivity index (χ0n) is 21.3. The van der Waals surface area contributed by atoms with Gasteiger partial charge in [0.05, 0.1) is 11.2 Å². The van der Waals surface area contributed by atoms with Gasteiger partial charge in [0.2, 0.25) is 0 Å². The molecule has 5 nitrogen and oxygen atoms in total. The highest BCUT2D eigenvalue weighted by molar-refractivity contribution is 6.62. The van der Waals surface area contributed by atoms with Crippen LogP contribution in [0.5, 0.6) is 0 Å². The highest BCUT2D eigenvalue weighted by Crippen LogP contribution is 2.36. The van der Waals surface area contributed by atoms with Gasteiger partial charge in [-0.05, 0) is 93.1 Å². The Labute approximate surface area is 191 Å². The second-order valence-corrected chi connectivity index (χ2v) is 12.9. The number of aryl methyl sites for hydroxylation is 1. The molecule has 7 heteroatoms. The van der Waals surface area contributed by atoms with Crippen molar-refractivity contribution in [2.45, 2.75) is 118 Å². The van der Waals surface area contributed by atoms with Crippen molar-refractivity contribution in [1.82, 2.24) is 0 Å². The third-order valence-corrected chi connectivity index (χ3v) is 9.16. The first-order valence-electron chi connectivity index (χ1n) is 11.7. The summed E-state index contributed by atoms with van der Waals surface area (Å²) in [5.74, 6) is 0. The Morgan fingerprint density at radius 1 is 0.774 bits per heavy atom. The second kappa shape index (κ2) is 10.5. The molecule has 0 bridgehead atoms. The van der Waals surface area contributed by atoms with Crippen LogP contribution in [-0.2, 0) is 29.0 Å². The zero-order valence-corrected chi connectivity index (χ0v) is 22.3. The van der Waals surface area contributed by atoms with Gasteiger partial charge in [-0.15, -0.1) is 0 Å². The third kappa shape index (κ3) is 7.41. The first-order chi connectivity index (χ1) is 14.3. The Balaban J connectivity index is 2.01. The average Bonchev–Trinajstić information content (AvgIpc) is 2.81. The molecule has 0 saturated carbocycles. The fraction of sp³-hybridized carbons (Fsp3) is 0.750. The van der Waals surface area contributed by atoms with Crippen LogP contribution < -0.4 is 5.46 Å². The van der Waals surface area contributed by atoms with Crippen LogP contribution in [0, 0.1) is 0 Å². The summed E-state index contributed by atoms with van der Waals surface area (Å²) in [6.07, 6.45) is 2.12. The molecule has 1 fully saturated rings. The number of hydrogen-bond acceptors (Lipinski definition) is 5. The summed E-state index contributed by atoms with van der Waals surface area (Å²) in [5, 5.41) is 0. The largest absolute Gasteiger partial charge is 0.501 e. The van der Waals surface area contributed by atoms with Crippen molar-refractivity contribution in [1.29, 1.82) is 0 Å². The van der Waals surface area contributed by atoms with Gasteiger partial charge in [-0.2, -0.15) is 0 Å². The van der Waals surface area contributed by atoms with E-state index in [1.165, 1.54) is 5.56 Å². The Morgan fingerprint density at radius 2 is 1.19 bits per heavy atom. The van der Waals surface area contributed by atoms with Gasteiger partial charge in [-0.1, -0.05) is 24.3 Å². The highest BCUT2D eigenvalue weighted by atomic mass is 28.4. The monoisotopic (exact) mass is 450 g/mol. The molecular weight excluding hydrogens is 407 g/mol. The molecule has 1 aromatic rings. The molecular formula is C24H43BO5Si. The van der Waals surface area contributed by atoms with E-state index in [4.69, 9.17) is 22.6 Å². The van der Waals surface area contributed by atoms with Crippen LogP contribution in [0.3, 0.4) is 0 Å². The minimum atomic E-state index is -2.74. The van der Waals surface area contributed by atoms with Crippen LogP contribution in [0.2, 0.25) is 6.04 Å². The molecule has 31 heavy (non-hydrogen) atoms. The maximum Gasteiger partial charge on any atom is 0.501 e. The maximum absolute atomic E-state index is 6.28. The van der Waals surface area contributed by atoms with E-state index in [1.54, 1.807) is 0 Å². The Kier molecular flexibility index (Phi) is 8.99. The third-order valence-electron chi connectivity index (χ3n) is 5.70. The predicted molar refractivity (Wildman–Crippen MR) is 130 cm³/mol. The van der Waals surface area contributed by atoms with Crippen LogP contribution in [0.4, 0.5) is 0 Å². The molecule has 0 N–H and O–H groups in total. The lowest BCUT2D eigenvalue weighted by atomic mass is 9.79. The Morgan fingerprint density at radius 3 is 1.58 bits per heavy atom. The van der Waals surface area contributed by atoms with Crippen LogP contribution in [0.15, 0.2) is 24.3 Å². The molecule has 0 aromatic heterocycles. The minimum absolute atomic E-state index is 0.0726. The van der Waals surface area contributed by atoms with E-state index in [0.717, 1.165) is 24.3 Å². The van der Waals surface area contributed by atoms with Crippen molar-refractivity contribution in [3.05, 3.63) is 29.8 Å². The van der Waals surface area contributed by atoms with Gasteiger partial charge in [0.15, 0.2) is 0 Å². The Bertz CT molecular complexity index is 645. The summed E-state index contributed by atoms with van der Waals surface area (Å²) >= 11 is 0. The topological polar surface area (TPSA) is 46.2 Å². The van der Waals surface area contributed by atoms with Gasteiger partial charge in [-0.3, -0.25) is 0 Å². The standard InChI is InChI=1S/C24H43BO5Si/c1-18(2)26-31(27-19(3)4,28-20(5)6)17-11-12-21-13-15-22(16-14-21)25-29-23(7,8)24(9,10)30-25/h13-16,18-20H,11-12,17H2,1-10H3. The molecule has 0 aliphatic carbocycles. The summed E-state index contributed by atoms with van der Waals surface area (Å²) in [6.45, 7) is 20.6. The molecule has 0 amide bonds. The lowest BCUT2D eigenvalue weighted by molar-refractivity contribution is 0.00291. The highest BCUT2D eigenvalue weighted by Gasteiger charge is 2.51. The van der Waals surface area contributed by atoms with Crippen LogP contribution in [-0.4, -0.2) is 45.4 Å². The van der Waals surface area contributed by atoms with Crippen molar-refractivity contribution < 1.29 is 22.6 Å². The van der Waals surface area contributed by atoms with E-state index in [1.807, 2.05) is 41.5 Å². The molecule has 1 aliphatic heterocycles. The minimum Gasteiger partial charge on any atom is -0.399 e. The molecule has 0 atom stereocenters. The quantitative estimate of drug-likeness (QED) is 0.437. The number of hydrogen-bond donors (Lipinski definition) is 0. The van der Waals surface area contributed by atoms with Gasteiger partial charge < -0.3 is 22.6 Å². The molecule has 0 unspecified atom stereocenters. The zero-order chi connectivity index (χ0) is 23.4. The van der Waals surface area contributed by atoms with Crippen molar-refractivity contribution in [2.75, 3.05) is 0 Å². The molecule has 0 spiro atoms. The van der Waals surface area contributed by atoms with Gasteiger partial charge in [0.1, 0.15) is 0 Å². The lowest BCUT2D eigenvalue weighted by Gasteiger charge is -2.34. The van der Waals surface area contributed by atoms with Gasteiger partial charge in [0, 0.05) is 24.4 Å². The maximum atomic E-state index is 6.28. The molecule has 0 radical (unpaired) electrons. The normalized spacial score (nSPS) is 18.5. The van der Waals surface area contributed by atoms with Gasteiger partial charge >= 0.3 is 15.9 Å². The van der Waals surface area contributed by atoms with Crippen LogP contribution in [0.25, 0.3) is 0 Å². The number of benzene rings is 1. The summed E-state index contributed by atoms with van der Waals surface area (Å²) in [4.78, 5) is 0. The summed E-state index contributed by atoms with van der Waals surface area (Å²) < 4.78 is 31.2. The van der Waals surface area contributed by atoms with E-state index in [0.29, 0.717) is 0 Å². The summed E-state index contributed by atoms with van der Waals surface area (Å²) in [5.41, 5.74) is 1.68. The molecule has 2 rings (SSSR count). The van der Waals surface area contributed by atoms with E-state index < -0.39 is 8.80 Å². The predicted octanol–water partition coefficient (Wildman–Crippen LogP) is 5.13. The van der Waals surface area contributed by atoms with E-state index >= 15 is 0 Å². The first-order valence-corrected chi connectivity index (χ1v) is 13.7. The molecule has 1 saturated heterocycles. The molecule has 176 valence electrons. The molecule has 1 aliphatic rings.